The molecule has 0 spiro atoms. The maximum absolute atomic E-state index is 8.53. The van der Waals surface area contributed by atoms with Gasteiger partial charge in [-0.15, -0.1) is 0 Å². The number of methoxy groups -OCH3 is 1. The predicted octanol–water partition coefficient (Wildman–Crippen LogP) is -0.479. The van der Waals surface area contributed by atoms with Crippen molar-refractivity contribution in [3.8, 4) is 12.1 Å². The largest absolute Gasteiger partial charge is 0.467 e. The van der Waals surface area contributed by atoms with Gasteiger partial charge in [-0.3, -0.25) is 0 Å². The lowest BCUT2D eigenvalue weighted by Gasteiger charge is -2.02. The fraction of sp³-hybridized carbons (Fsp3) is 0.167. The van der Waals surface area contributed by atoms with Gasteiger partial charge in [0, 0.05) is 0 Å². The van der Waals surface area contributed by atoms with Crippen LogP contribution >= 0.6 is 0 Å². The van der Waals surface area contributed by atoms with Gasteiger partial charge in [0.25, 0.3) is 0 Å². The number of ether oxygens (including phenoxy) is 1. The maximum atomic E-state index is 8.53. The molecule has 0 aliphatic rings. The first-order valence-electron chi connectivity index (χ1n) is 3.06. The van der Waals surface area contributed by atoms with Crippen LogP contribution in [-0.2, 0) is 0 Å². The number of nitrogens with zero attached hydrogens (tertiary/aromatic N) is 3. The van der Waals surface area contributed by atoms with Gasteiger partial charge in [0.1, 0.15) is 11.8 Å². The lowest BCUT2D eigenvalue weighted by atomic mass is 10.3. The van der Waals surface area contributed by atoms with Crippen molar-refractivity contribution in [2.45, 2.75) is 0 Å². The highest BCUT2D eigenvalue weighted by Crippen LogP contribution is 2.17. The quantitative estimate of drug-likeness (QED) is 0.581. The summed E-state index contributed by atoms with van der Waals surface area (Å²) in [6.45, 7) is 0. The van der Waals surface area contributed by atoms with Crippen molar-refractivity contribution in [1.29, 1.82) is 5.26 Å². The first-order valence-corrected chi connectivity index (χ1v) is 3.06. The molecular formula is C6H7N5O. The number of nitrogen functional groups attached to an aromatic ring is 2. The fourth-order valence-electron chi connectivity index (χ4n) is 0.642. The van der Waals surface area contributed by atoms with Crippen LogP contribution < -0.4 is 16.2 Å². The first-order chi connectivity index (χ1) is 5.69. The van der Waals surface area contributed by atoms with Gasteiger partial charge in [-0.2, -0.15) is 15.2 Å². The van der Waals surface area contributed by atoms with Crippen molar-refractivity contribution < 1.29 is 4.74 Å². The van der Waals surface area contributed by atoms with Crippen molar-refractivity contribution >= 4 is 11.5 Å². The monoisotopic (exact) mass is 165 g/mol. The molecule has 62 valence electrons. The van der Waals surface area contributed by atoms with Crippen molar-refractivity contribution in [1.82, 2.24) is 9.97 Å². The summed E-state index contributed by atoms with van der Waals surface area (Å²) in [6.07, 6.45) is 0. The SMILES string of the molecule is COc1nc(N)c(N)c(C#N)n1. The standard InChI is InChI=1S/C6H7N5O/c1-12-6-10-3(2-7)4(8)5(9)11-6/h8H2,1H3,(H2,9,10,11). The zero-order valence-corrected chi connectivity index (χ0v) is 6.40. The van der Waals surface area contributed by atoms with Crippen LogP contribution in [0, 0.1) is 11.3 Å². The van der Waals surface area contributed by atoms with E-state index in [1.165, 1.54) is 7.11 Å². The van der Waals surface area contributed by atoms with Crippen molar-refractivity contribution in [3.63, 3.8) is 0 Å². The van der Waals surface area contributed by atoms with Gasteiger partial charge in [-0.1, -0.05) is 0 Å². The highest BCUT2D eigenvalue weighted by Gasteiger charge is 2.08. The van der Waals surface area contributed by atoms with Crippen molar-refractivity contribution in [2.75, 3.05) is 18.6 Å². The molecule has 12 heavy (non-hydrogen) atoms. The summed E-state index contributed by atoms with van der Waals surface area (Å²) in [5.74, 6) is 0.0541. The van der Waals surface area contributed by atoms with Gasteiger partial charge >= 0.3 is 6.01 Å². The van der Waals surface area contributed by atoms with Gasteiger partial charge in [0.05, 0.1) is 7.11 Å². The molecule has 0 bridgehead atoms. The van der Waals surface area contributed by atoms with Gasteiger partial charge in [0.2, 0.25) is 0 Å². The summed E-state index contributed by atoms with van der Waals surface area (Å²) in [7, 11) is 1.38. The molecule has 1 aromatic rings. The number of hydrogen-bond donors (Lipinski definition) is 2. The van der Waals surface area contributed by atoms with E-state index in [0.717, 1.165) is 0 Å². The average molecular weight is 165 g/mol. The van der Waals surface area contributed by atoms with Crippen LogP contribution in [0.5, 0.6) is 6.01 Å². The summed E-state index contributed by atoms with van der Waals surface area (Å²) in [4.78, 5) is 7.34. The number of aromatic nitrogens is 2. The molecule has 1 aromatic heterocycles. The molecule has 0 saturated heterocycles. The molecule has 0 aromatic carbocycles. The van der Waals surface area contributed by atoms with Crippen LogP contribution in [0.4, 0.5) is 11.5 Å². The van der Waals surface area contributed by atoms with E-state index in [2.05, 4.69) is 14.7 Å². The second-order valence-electron chi connectivity index (χ2n) is 1.97. The molecule has 0 atom stereocenters. The Balaban J connectivity index is 3.31. The van der Waals surface area contributed by atoms with Crippen LogP contribution in [0.25, 0.3) is 0 Å². The molecule has 0 aliphatic heterocycles. The summed E-state index contributed by atoms with van der Waals surface area (Å²) in [6, 6.07) is 1.81. The highest BCUT2D eigenvalue weighted by molar-refractivity contribution is 5.64. The molecule has 0 fully saturated rings. The Morgan fingerprint density at radius 2 is 2.08 bits per heavy atom. The summed E-state index contributed by atoms with van der Waals surface area (Å²) in [5, 5.41) is 8.53. The fourth-order valence-corrected chi connectivity index (χ4v) is 0.642. The Morgan fingerprint density at radius 1 is 1.42 bits per heavy atom. The normalized spacial score (nSPS) is 9.00. The number of anilines is 2. The zero-order valence-electron chi connectivity index (χ0n) is 6.40. The summed E-state index contributed by atoms with van der Waals surface area (Å²) >= 11 is 0. The molecule has 0 saturated carbocycles. The number of hydrogen-bond acceptors (Lipinski definition) is 6. The third kappa shape index (κ3) is 1.20. The zero-order chi connectivity index (χ0) is 9.14. The Kier molecular flexibility index (Phi) is 1.96. The predicted molar refractivity (Wildman–Crippen MR) is 42.1 cm³/mol. The smallest absolute Gasteiger partial charge is 0.319 e. The van der Waals surface area contributed by atoms with E-state index in [1.807, 2.05) is 0 Å². The molecule has 0 amide bonds. The second kappa shape index (κ2) is 2.92. The van der Waals surface area contributed by atoms with Crippen molar-refractivity contribution in [2.24, 2.45) is 0 Å². The van der Waals surface area contributed by atoms with E-state index in [-0.39, 0.29) is 23.2 Å². The van der Waals surface area contributed by atoms with Gasteiger partial charge in [0.15, 0.2) is 11.5 Å². The molecule has 4 N–H and O–H groups in total. The highest BCUT2D eigenvalue weighted by atomic mass is 16.5. The van der Waals surface area contributed by atoms with E-state index in [9.17, 15) is 0 Å². The molecule has 0 aliphatic carbocycles. The first kappa shape index (κ1) is 8.07. The van der Waals surface area contributed by atoms with Crippen LogP contribution in [0.15, 0.2) is 0 Å². The lowest BCUT2D eigenvalue weighted by Crippen LogP contribution is -2.05. The summed E-state index contributed by atoms with van der Waals surface area (Å²) < 4.78 is 4.68. The van der Waals surface area contributed by atoms with E-state index in [1.54, 1.807) is 6.07 Å². The molecule has 0 unspecified atom stereocenters. The Labute approximate surface area is 68.8 Å². The van der Waals surface area contributed by atoms with Gasteiger partial charge in [-0.25, -0.2) is 0 Å². The van der Waals surface area contributed by atoms with Gasteiger partial charge < -0.3 is 16.2 Å². The second-order valence-corrected chi connectivity index (χ2v) is 1.97. The number of rotatable bonds is 1. The van der Waals surface area contributed by atoms with Crippen molar-refractivity contribution in [3.05, 3.63) is 5.69 Å². The van der Waals surface area contributed by atoms with Crippen LogP contribution in [0.3, 0.4) is 0 Å². The van der Waals surface area contributed by atoms with E-state index < -0.39 is 0 Å². The molecular weight excluding hydrogens is 158 g/mol. The third-order valence-corrected chi connectivity index (χ3v) is 1.24. The van der Waals surface area contributed by atoms with E-state index >= 15 is 0 Å². The lowest BCUT2D eigenvalue weighted by molar-refractivity contribution is 0.380. The maximum Gasteiger partial charge on any atom is 0.319 e. The van der Waals surface area contributed by atoms with Gasteiger partial charge in [-0.05, 0) is 0 Å². The van der Waals surface area contributed by atoms with Crippen LogP contribution in [-0.4, -0.2) is 17.1 Å². The average Bonchev–Trinajstić information content (AvgIpc) is 2.09. The Hall–Kier alpha value is -2.03. The summed E-state index contributed by atoms with van der Waals surface area (Å²) in [5.41, 5.74) is 10.9. The van der Waals surface area contributed by atoms with E-state index in [4.69, 9.17) is 16.7 Å². The molecule has 1 rings (SSSR count). The van der Waals surface area contributed by atoms with Crippen LogP contribution in [0.2, 0.25) is 0 Å². The molecule has 6 nitrogen and oxygen atoms in total. The number of nitriles is 1. The third-order valence-electron chi connectivity index (χ3n) is 1.24. The minimum atomic E-state index is 0.0272. The molecule has 1 heterocycles. The Morgan fingerprint density at radius 3 is 2.58 bits per heavy atom. The topological polar surface area (TPSA) is 111 Å². The number of nitrogens with two attached hydrogens (primary N) is 2. The molecule has 6 heteroatoms. The van der Waals surface area contributed by atoms with E-state index in [0.29, 0.717) is 0 Å². The Bertz CT molecular complexity index is 343. The minimum Gasteiger partial charge on any atom is -0.467 e. The molecule has 0 radical (unpaired) electrons. The van der Waals surface area contributed by atoms with Crippen LogP contribution in [0.1, 0.15) is 5.69 Å². The minimum absolute atomic E-state index is 0.0272.